The Hall–Kier alpha value is -3.20. The van der Waals surface area contributed by atoms with E-state index in [9.17, 15) is 10.1 Å². The van der Waals surface area contributed by atoms with Crippen molar-refractivity contribution < 1.29 is 9.53 Å². The number of carbonyl (C=O) groups is 1. The van der Waals surface area contributed by atoms with Crippen molar-refractivity contribution in [2.24, 2.45) is 0 Å². The molecule has 1 fully saturated rings. The third-order valence-electron chi connectivity index (χ3n) is 6.65. The van der Waals surface area contributed by atoms with Crippen LogP contribution in [0.5, 0.6) is 5.75 Å². The maximum Gasteiger partial charge on any atom is 0.319 e. The molecule has 2 aliphatic rings. The van der Waals surface area contributed by atoms with E-state index in [2.05, 4.69) is 33.7 Å². The SMILES string of the molecule is CCOc1ccc2c(c1)N(C1CCC1)C(c1ccc(NC(=O)N[C@@H](C)CC)cc1)C2C#N. The van der Waals surface area contributed by atoms with Crippen molar-refractivity contribution in [3.05, 3.63) is 53.6 Å². The van der Waals surface area contributed by atoms with E-state index in [1.165, 1.54) is 6.42 Å². The second-order valence-corrected chi connectivity index (χ2v) is 8.73. The molecule has 0 spiro atoms. The van der Waals surface area contributed by atoms with E-state index in [0.29, 0.717) is 12.6 Å². The Morgan fingerprint density at radius 1 is 1.22 bits per heavy atom. The van der Waals surface area contributed by atoms with Crippen molar-refractivity contribution in [1.29, 1.82) is 5.26 Å². The summed E-state index contributed by atoms with van der Waals surface area (Å²) in [6, 6.07) is 16.9. The molecule has 2 aromatic rings. The molecule has 0 bridgehead atoms. The zero-order valence-corrected chi connectivity index (χ0v) is 19.1. The fourth-order valence-electron chi connectivity index (χ4n) is 4.59. The van der Waals surface area contributed by atoms with Crippen molar-refractivity contribution in [3.8, 4) is 11.8 Å². The van der Waals surface area contributed by atoms with Crippen LogP contribution in [0, 0.1) is 11.3 Å². The van der Waals surface area contributed by atoms with Gasteiger partial charge in [0.15, 0.2) is 0 Å². The van der Waals surface area contributed by atoms with Crippen LogP contribution in [0.25, 0.3) is 0 Å². The first-order valence-electron chi connectivity index (χ1n) is 11.7. The number of hydrogen-bond acceptors (Lipinski definition) is 4. The summed E-state index contributed by atoms with van der Waals surface area (Å²) in [5.41, 5.74) is 4.02. The summed E-state index contributed by atoms with van der Waals surface area (Å²) in [7, 11) is 0. The normalized spacial score (nSPS) is 20.6. The van der Waals surface area contributed by atoms with Crippen LogP contribution in [0.1, 0.15) is 69.5 Å². The number of carbonyl (C=O) groups excluding carboxylic acids is 1. The van der Waals surface area contributed by atoms with E-state index in [1.807, 2.05) is 51.1 Å². The van der Waals surface area contributed by atoms with E-state index < -0.39 is 0 Å². The molecule has 6 heteroatoms. The minimum Gasteiger partial charge on any atom is -0.494 e. The van der Waals surface area contributed by atoms with Gasteiger partial charge in [0.2, 0.25) is 0 Å². The highest BCUT2D eigenvalue weighted by atomic mass is 16.5. The monoisotopic (exact) mass is 432 g/mol. The minimum atomic E-state index is -0.242. The number of nitrogens with one attached hydrogen (secondary N) is 2. The number of ether oxygens (including phenoxy) is 1. The summed E-state index contributed by atoms with van der Waals surface area (Å²) in [5, 5.41) is 15.9. The fourth-order valence-corrected chi connectivity index (χ4v) is 4.59. The van der Waals surface area contributed by atoms with Crippen LogP contribution in [0.4, 0.5) is 16.2 Å². The zero-order chi connectivity index (χ0) is 22.7. The predicted octanol–water partition coefficient (Wildman–Crippen LogP) is 5.73. The van der Waals surface area contributed by atoms with Crippen molar-refractivity contribution >= 4 is 17.4 Å². The standard InChI is InChI=1S/C26H32N4O2/c1-4-17(3)28-26(31)29-19-11-9-18(10-12-19)25-23(16-27)22-14-13-21(32-5-2)15-24(22)30(25)20-7-6-8-20/h9-15,17,20,23,25H,4-8H2,1-3H3,(H2,28,29,31)/t17-,23?,25?/m0/s1. The Labute approximate surface area is 190 Å². The molecule has 32 heavy (non-hydrogen) atoms. The van der Waals surface area contributed by atoms with Gasteiger partial charge >= 0.3 is 6.03 Å². The van der Waals surface area contributed by atoms with Gasteiger partial charge in [0, 0.05) is 29.5 Å². The lowest BCUT2D eigenvalue weighted by Crippen LogP contribution is -2.41. The van der Waals surface area contributed by atoms with Crippen LogP contribution in [-0.2, 0) is 0 Å². The number of fused-ring (bicyclic) bond motifs is 1. The van der Waals surface area contributed by atoms with Crippen molar-refractivity contribution in [3.63, 3.8) is 0 Å². The van der Waals surface area contributed by atoms with Gasteiger partial charge in [-0.2, -0.15) is 5.26 Å². The van der Waals surface area contributed by atoms with E-state index >= 15 is 0 Å². The van der Waals surface area contributed by atoms with Crippen LogP contribution < -0.4 is 20.3 Å². The first-order valence-corrected chi connectivity index (χ1v) is 11.7. The summed E-state index contributed by atoms with van der Waals surface area (Å²) in [4.78, 5) is 14.6. The lowest BCUT2D eigenvalue weighted by Gasteiger charge is -2.41. The van der Waals surface area contributed by atoms with Gasteiger partial charge in [-0.1, -0.05) is 25.1 Å². The zero-order valence-electron chi connectivity index (χ0n) is 19.1. The Bertz CT molecular complexity index is 994. The number of rotatable bonds is 7. The number of nitrogens with zero attached hydrogens (tertiary/aromatic N) is 2. The smallest absolute Gasteiger partial charge is 0.319 e. The van der Waals surface area contributed by atoms with Gasteiger partial charge in [0.25, 0.3) is 0 Å². The van der Waals surface area contributed by atoms with Crippen LogP contribution in [0.3, 0.4) is 0 Å². The minimum absolute atomic E-state index is 0.0415. The van der Waals surface area contributed by atoms with Gasteiger partial charge in [-0.05, 0) is 68.9 Å². The van der Waals surface area contributed by atoms with E-state index in [1.54, 1.807) is 0 Å². The second kappa shape index (κ2) is 9.52. The van der Waals surface area contributed by atoms with Gasteiger partial charge in [-0.25, -0.2) is 4.79 Å². The molecular weight excluding hydrogens is 400 g/mol. The molecule has 168 valence electrons. The molecule has 1 heterocycles. The number of benzene rings is 2. The molecule has 2 aromatic carbocycles. The molecule has 2 amide bonds. The molecular formula is C26H32N4O2. The molecule has 2 N–H and O–H groups in total. The van der Waals surface area contributed by atoms with Crippen LogP contribution in [0.15, 0.2) is 42.5 Å². The average Bonchev–Trinajstić information content (AvgIpc) is 3.06. The average molecular weight is 433 g/mol. The number of hydrogen-bond donors (Lipinski definition) is 2. The lowest BCUT2D eigenvalue weighted by atomic mass is 9.87. The summed E-state index contributed by atoms with van der Waals surface area (Å²) < 4.78 is 5.75. The largest absolute Gasteiger partial charge is 0.494 e. The summed E-state index contributed by atoms with van der Waals surface area (Å²) >= 11 is 0. The number of urea groups is 1. The van der Waals surface area contributed by atoms with Crippen LogP contribution >= 0.6 is 0 Å². The Morgan fingerprint density at radius 2 is 1.97 bits per heavy atom. The molecule has 2 unspecified atom stereocenters. The van der Waals surface area contributed by atoms with Gasteiger partial charge in [-0.3, -0.25) is 0 Å². The van der Waals surface area contributed by atoms with E-state index in [4.69, 9.17) is 4.74 Å². The maximum atomic E-state index is 12.2. The summed E-state index contributed by atoms with van der Waals surface area (Å²) in [6.07, 6.45) is 4.39. The van der Waals surface area contributed by atoms with E-state index in [0.717, 1.165) is 47.5 Å². The molecule has 0 saturated heterocycles. The van der Waals surface area contributed by atoms with Gasteiger partial charge in [0.1, 0.15) is 5.75 Å². The fraction of sp³-hybridized carbons (Fsp3) is 0.462. The quantitative estimate of drug-likeness (QED) is 0.586. The summed E-state index contributed by atoms with van der Waals surface area (Å²) in [5.74, 6) is 0.605. The van der Waals surface area contributed by atoms with Crippen molar-refractivity contribution in [2.75, 3.05) is 16.8 Å². The Balaban J connectivity index is 1.61. The molecule has 3 atom stereocenters. The van der Waals surface area contributed by atoms with Crippen LogP contribution in [0.2, 0.25) is 0 Å². The number of amides is 2. The van der Waals surface area contributed by atoms with Crippen molar-refractivity contribution in [2.45, 2.75) is 70.5 Å². The van der Waals surface area contributed by atoms with Crippen molar-refractivity contribution in [1.82, 2.24) is 5.32 Å². The van der Waals surface area contributed by atoms with Gasteiger partial charge in [0.05, 0.1) is 24.6 Å². The Kier molecular flexibility index (Phi) is 6.55. The molecule has 6 nitrogen and oxygen atoms in total. The van der Waals surface area contributed by atoms with Gasteiger partial charge < -0.3 is 20.3 Å². The molecule has 1 aliphatic carbocycles. The lowest BCUT2D eigenvalue weighted by molar-refractivity contribution is 0.249. The summed E-state index contributed by atoms with van der Waals surface area (Å²) in [6.45, 7) is 6.62. The van der Waals surface area contributed by atoms with Gasteiger partial charge in [-0.15, -0.1) is 0 Å². The first kappa shape index (κ1) is 22.0. The number of anilines is 2. The molecule has 0 radical (unpaired) electrons. The molecule has 1 aliphatic heterocycles. The highest BCUT2D eigenvalue weighted by molar-refractivity contribution is 5.89. The third-order valence-corrected chi connectivity index (χ3v) is 6.65. The number of nitriles is 1. The highest BCUT2D eigenvalue weighted by Crippen LogP contribution is 2.53. The predicted molar refractivity (Wildman–Crippen MR) is 127 cm³/mol. The first-order chi connectivity index (χ1) is 15.5. The molecule has 4 rings (SSSR count). The van der Waals surface area contributed by atoms with E-state index in [-0.39, 0.29) is 24.0 Å². The molecule has 0 aromatic heterocycles. The third kappa shape index (κ3) is 4.25. The topological polar surface area (TPSA) is 77.4 Å². The van der Waals surface area contributed by atoms with Crippen LogP contribution in [-0.4, -0.2) is 24.7 Å². The second-order valence-electron chi connectivity index (χ2n) is 8.73. The molecule has 1 saturated carbocycles. The highest BCUT2D eigenvalue weighted by Gasteiger charge is 2.44. The maximum absolute atomic E-state index is 12.2. The Morgan fingerprint density at radius 3 is 2.56 bits per heavy atom.